The number of benzene rings is 3. The second-order valence-corrected chi connectivity index (χ2v) is 9.06. The molecule has 0 saturated heterocycles. The lowest BCUT2D eigenvalue weighted by Gasteiger charge is -2.21. The number of anilines is 1. The number of nitrogens with zero attached hydrogens (tertiary/aromatic N) is 2. The van der Waals surface area contributed by atoms with Gasteiger partial charge < -0.3 is 29.0 Å². The zero-order chi connectivity index (χ0) is 30.4. The highest BCUT2D eigenvalue weighted by molar-refractivity contribution is 6.50. The third-order valence-electron chi connectivity index (χ3n) is 6.20. The van der Waals surface area contributed by atoms with Crippen LogP contribution in [0.15, 0.2) is 59.6 Å². The van der Waals surface area contributed by atoms with E-state index in [2.05, 4.69) is 9.73 Å². The van der Waals surface area contributed by atoms with E-state index in [4.69, 9.17) is 19.3 Å². The summed E-state index contributed by atoms with van der Waals surface area (Å²) in [6.07, 6.45) is -4.40. The predicted molar refractivity (Wildman–Crippen MR) is 144 cm³/mol. The molecule has 0 unspecified atom stereocenters. The minimum atomic E-state index is -4.92. The molecular formula is C29H26F4N2O7. The average Bonchev–Trinajstić information content (AvgIpc) is 3.36. The van der Waals surface area contributed by atoms with Crippen LogP contribution < -0.4 is 23.8 Å². The van der Waals surface area contributed by atoms with Crippen molar-refractivity contribution in [2.45, 2.75) is 25.6 Å². The van der Waals surface area contributed by atoms with Crippen LogP contribution in [0.25, 0.3) is 0 Å². The number of methoxy groups -OCH3 is 2. The Morgan fingerprint density at radius 2 is 1.74 bits per heavy atom. The first-order chi connectivity index (χ1) is 20.0. The molecule has 3 aromatic rings. The molecule has 0 fully saturated rings. The molecule has 0 atom stereocenters. The molecule has 13 heteroatoms. The molecule has 0 spiro atoms. The largest absolute Gasteiger partial charge is 0.573 e. The molecule has 0 saturated carbocycles. The lowest BCUT2D eigenvalue weighted by molar-refractivity contribution is -0.274. The van der Waals surface area contributed by atoms with Crippen LogP contribution in [0.3, 0.4) is 0 Å². The summed E-state index contributed by atoms with van der Waals surface area (Å²) in [5, 5.41) is 8.85. The molecule has 0 aliphatic carbocycles. The number of carboxylic acid groups (broad SMARTS) is 1. The van der Waals surface area contributed by atoms with E-state index in [0.29, 0.717) is 17.7 Å². The maximum atomic E-state index is 14.1. The fraction of sp³-hybridized carbons (Fsp3) is 0.276. The molecule has 4 rings (SSSR count). The van der Waals surface area contributed by atoms with Crippen molar-refractivity contribution >= 4 is 29.0 Å². The SMILES string of the molecule is COc1cc(N=C(C(=O)N2CCc3ccc(OC(F)(F)F)cc32)c2ccc(F)cc2OC)cc(OCCCC(=O)O)c1. The van der Waals surface area contributed by atoms with Gasteiger partial charge in [0, 0.05) is 48.9 Å². The van der Waals surface area contributed by atoms with Crippen molar-refractivity contribution in [2.75, 3.05) is 32.3 Å². The number of aliphatic imine (C=N–C) groups is 1. The van der Waals surface area contributed by atoms with Crippen LogP contribution in [0.5, 0.6) is 23.0 Å². The Kier molecular flexibility index (Phi) is 9.18. The highest BCUT2D eigenvalue weighted by atomic mass is 19.4. The van der Waals surface area contributed by atoms with Gasteiger partial charge in [-0.15, -0.1) is 13.2 Å². The van der Waals surface area contributed by atoms with E-state index >= 15 is 0 Å². The Bertz CT molecular complexity index is 1510. The van der Waals surface area contributed by atoms with E-state index in [9.17, 15) is 27.2 Å². The summed E-state index contributed by atoms with van der Waals surface area (Å²) in [4.78, 5) is 30.7. The Balaban J connectivity index is 1.77. The van der Waals surface area contributed by atoms with Crippen molar-refractivity contribution < 1.29 is 51.2 Å². The van der Waals surface area contributed by atoms with E-state index in [-0.39, 0.29) is 60.1 Å². The molecule has 0 bridgehead atoms. The second-order valence-electron chi connectivity index (χ2n) is 9.06. The highest BCUT2D eigenvalue weighted by Crippen LogP contribution is 2.36. The van der Waals surface area contributed by atoms with Crippen molar-refractivity contribution in [1.29, 1.82) is 0 Å². The van der Waals surface area contributed by atoms with Gasteiger partial charge in [0.1, 0.15) is 34.5 Å². The molecule has 1 aliphatic rings. The number of fused-ring (bicyclic) bond motifs is 1. The van der Waals surface area contributed by atoms with E-state index in [1.807, 2.05) is 0 Å². The molecule has 3 aromatic carbocycles. The summed E-state index contributed by atoms with van der Waals surface area (Å²) >= 11 is 0. The minimum absolute atomic E-state index is 0.00344. The smallest absolute Gasteiger partial charge is 0.497 e. The van der Waals surface area contributed by atoms with Crippen LogP contribution in [-0.4, -0.2) is 56.4 Å². The number of carbonyl (C=O) groups excluding carboxylic acids is 1. The van der Waals surface area contributed by atoms with Crippen LogP contribution in [0.2, 0.25) is 0 Å². The van der Waals surface area contributed by atoms with E-state index < -0.39 is 29.8 Å². The van der Waals surface area contributed by atoms with Crippen LogP contribution >= 0.6 is 0 Å². The van der Waals surface area contributed by atoms with Crippen LogP contribution in [0.1, 0.15) is 24.0 Å². The zero-order valence-corrected chi connectivity index (χ0v) is 22.5. The highest BCUT2D eigenvalue weighted by Gasteiger charge is 2.34. The number of rotatable bonds is 11. The summed E-state index contributed by atoms with van der Waals surface area (Å²) in [6.45, 7) is 0.231. The summed E-state index contributed by atoms with van der Waals surface area (Å²) in [5.41, 5.74) is 0.981. The van der Waals surface area contributed by atoms with Gasteiger partial charge in [-0.2, -0.15) is 0 Å². The number of amides is 1. The monoisotopic (exact) mass is 590 g/mol. The van der Waals surface area contributed by atoms with Crippen LogP contribution in [0.4, 0.5) is 28.9 Å². The maximum absolute atomic E-state index is 14.1. The van der Waals surface area contributed by atoms with Crippen molar-refractivity contribution in [3.63, 3.8) is 0 Å². The summed E-state index contributed by atoms with van der Waals surface area (Å²) in [6, 6.07) is 11.8. The summed E-state index contributed by atoms with van der Waals surface area (Å²) in [5.74, 6) is -2.15. The Morgan fingerprint density at radius 1 is 0.976 bits per heavy atom. The van der Waals surface area contributed by atoms with Crippen LogP contribution in [-0.2, 0) is 16.0 Å². The van der Waals surface area contributed by atoms with Gasteiger partial charge in [-0.25, -0.2) is 9.38 Å². The Labute approximate surface area is 237 Å². The molecule has 0 aromatic heterocycles. The number of hydrogen-bond acceptors (Lipinski definition) is 7. The topological polar surface area (TPSA) is 107 Å². The predicted octanol–water partition coefficient (Wildman–Crippen LogP) is 5.70. The fourth-order valence-corrected chi connectivity index (χ4v) is 4.34. The third-order valence-corrected chi connectivity index (χ3v) is 6.20. The maximum Gasteiger partial charge on any atom is 0.573 e. The van der Waals surface area contributed by atoms with Crippen molar-refractivity contribution in [2.24, 2.45) is 4.99 Å². The lowest BCUT2D eigenvalue weighted by Crippen LogP contribution is -2.36. The van der Waals surface area contributed by atoms with E-state index in [1.165, 1.54) is 49.5 Å². The number of aliphatic carboxylic acids is 1. The molecule has 1 heterocycles. The molecule has 1 aliphatic heterocycles. The van der Waals surface area contributed by atoms with E-state index in [0.717, 1.165) is 18.2 Å². The van der Waals surface area contributed by atoms with Gasteiger partial charge in [0.15, 0.2) is 0 Å². The number of carbonyl (C=O) groups is 2. The Morgan fingerprint density at radius 3 is 2.43 bits per heavy atom. The van der Waals surface area contributed by atoms with Gasteiger partial charge >= 0.3 is 12.3 Å². The first-order valence-corrected chi connectivity index (χ1v) is 12.6. The van der Waals surface area contributed by atoms with Crippen molar-refractivity contribution in [3.05, 3.63) is 71.5 Å². The van der Waals surface area contributed by atoms with Gasteiger partial charge in [0.2, 0.25) is 0 Å². The quantitative estimate of drug-likeness (QED) is 0.174. The minimum Gasteiger partial charge on any atom is -0.497 e. The number of carboxylic acids is 1. The second kappa shape index (κ2) is 12.8. The number of ether oxygens (including phenoxy) is 4. The standard InChI is InChI=1S/C29H26F4N2O7/c1-39-21-13-19(14-22(15-21)41-11-3-4-26(36)37)34-27(23-8-6-18(30)12-25(23)40-2)28(38)35-10-9-17-5-7-20(16-24(17)35)42-29(31,32)33/h5-8,12-16H,3-4,9-11H2,1-2H3,(H,36,37). The van der Waals surface area contributed by atoms with E-state index in [1.54, 1.807) is 6.07 Å². The third kappa shape index (κ3) is 7.47. The van der Waals surface area contributed by atoms with Crippen molar-refractivity contribution in [1.82, 2.24) is 0 Å². The first-order valence-electron chi connectivity index (χ1n) is 12.6. The fourth-order valence-electron chi connectivity index (χ4n) is 4.34. The lowest BCUT2D eigenvalue weighted by atomic mass is 10.1. The first kappa shape index (κ1) is 30.2. The summed E-state index contributed by atoms with van der Waals surface area (Å²) < 4.78 is 73.0. The van der Waals surface area contributed by atoms with Gasteiger partial charge in [0.25, 0.3) is 5.91 Å². The molecular weight excluding hydrogens is 564 g/mol. The Hall–Kier alpha value is -4.81. The van der Waals surface area contributed by atoms with Crippen LogP contribution in [0, 0.1) is 5.82 Å². The zero-order valence-electron chi connectivity index (χ0n) is 22.5. The molecule has 222 valence electrons. The van der Waals surface area contributed by atoms with Crippen molar-refractivity contribution in [3.8, 4) is 23.0 Å². The molecule has 0 radical (unpaired) electrons. The molecule has 42 heavy (non-hydrogen) atoms. The average molecular weight is 591 g/mol. The number of halogens is 4. The number of alkyl halides is 3. The summed E-state index contributed by atoms with van der Waals surface area (Å²) in [7, 11) is 2.70. The van der Waals surface area contributed by atoms with Gasteiger partial charge in [-0.05, 0) is 36.6 Å². The normalized spacial score (nSPS) is 13.0. The molecule has 1 amide bonds. The van der Waals surface area contributed by atoms with Gasteiger partial charge in [-0.1, -0.05) is 6.07 Å². The molecule has 1 N–H and O–H groups in total. The van der Waals surface area contributed by atoms with Gasteiger partial charge in [-0.3, -0.25) is 9.59 Å². The van der Waals surface area contributed by atoms with Gasteiger partial charge in [0.05, 0.1) is 32.2 Å². The number of hydrogen-bond donors (Lipinski definition) is 1. The molecule has 9 nitrogen and oxygen atoms in total.